The molecule has 0 aliphatic carbocycles. The second-order valence-electron chi connectivity index (χ2n) is 2.96. The monoisotopic (exact) mass is 332 g/mol. The fourth-order valence-electron chi connectivity index (χ4n) is 1.47. The molecule has 0 fully saturated rings. The van der Waals surface area contributed by atoms with Crippen LogP contribution in [0.2, 0.25) is 0 Å². The number of methoxy groups -OCH3 is 3. The van der Waals surface area contributed by atoms with Gasteiger partial charge in [0, 0.05) is 4.43 Å². The van der Waals surface area contributed by atoms with E-state index in [-0.39, 0.29) is 0 Å². The summed E-state index contributed by atoms with van der Waals surface area (Å²) >= 11 is 2.24. The number of benzene rings is 1. The Hall–Kier alpha value is -1.09. The summed E-state index contributed by atoms with van der Waals surface area (Å²) in [5.74, 6) is 4.34. The van der Waals surface area contributed by atoms with Gasteiger partial charge < -0.3 is 14.2 Å². The highest BCUT2D eigenvalue weighted by Gasteiger charge is 2.18. The number of alkyl halides is 1. The molecule has 0 aliphatic heterocycles. The van der Waals surface area contributed by atoms with Crippen molar-refractivity contribution in [3.63, 3.8) is 0 Å². The maximum absolute atomic E-state index is 5.49. The Bertz CT molecular complexity index is 421. The molecular formula is C12H13IO3. The summed E-state index contributed by atoms with van der Waals surface area (Å²) in [5.41, 5.74) is 1.71. The van der Waals surface area contributed by atoms with Crippen LogP contribution in [0.1, 0.15) is 11.1 Å². The molecule has 0 atom stereocenters. The molecule has 86 valence electrons. The van der Waals surface area contributed by atoms with E-state index in [0.717, 1.165) is 15.6 Å². The largest absolute Gasteiger partial charge is 0.493 e. The Morgan fingerprint density at radius 2 is 1.81 bits per heavy atom. The first-order valence-electron chi connectivity index (χ1n) is 4.57. The minimum atomic E-state index is 0.534. The molecule has 0 unspecified atom stereocenters. The van der Waals surface area contributed by atoms with Crippen LogP contribution in [-0.2, 0) is 4.43 Å². The Morgan fingerprint density at radius 1 is 1.19 bits per heavy atom. The van der Waals surface area contributed by atoms with Gasteiger partial charge in [-0.05, 0) is 11.6 Å². The molecule has 0 saturated heterocycles. The predicted molar refractivity (Wildman–Crippen MR) is 71.8 cm³/mol. The Balaban J connectivity index is 3.56. The fourth-order valence-corrected chi connectivity index (χ4v) is 2.07. The summed E-state index contributed by atoms with van der Waals surface area (Å²) in [5, 5.41) is 0. The van der Waals surface area contributed by atoms with Gasteiger partial charge in [-0.25, -0.2) is 0 Å². The summed E-state index contributed by atoms with van der Waals surface area (Å²) in [7, 11) is 4.71. The average Bonchev–Trinajstić information content (AvgIpc) is 2.35. The van der Waals surface area contributed by atoms with Crippen LogP contribution in [0.3, 0.4) is 0 Å². The molecule has 4 heteroatoms. The van der Waals surface area contributed by atoms with E-state index in [2.05, 4.69) is 28.5 Å². The van der Waals surface area contributed by atoms with Crippen molar-refractivity contribution in [1.82, 2.24) is 0 Å². The number of hydrogen-bond donors (Lipinski definition) is 0. The van der Waals surface area contributed by atoms with Gasteiger partial charge in [-0.3, -0.25) is 0 Å². The maximum atomic E-state index is 5.49. The molecule has 0 aliphatic rings. The quantitative estimate of drug-likeness (QED) is 0.482. The van der Waals surface area contributed by atoms with E-state index in [1.165, 1.54) is 0 Å². The molecule has 0 bridgehead atoms. The highest BCUT2D eigenvalue weighted by Crippen LogP contribution is 2.42. The van der Waals surface area contributed by atoms with Gasteiger partial charge in [0.25, 0.3) is 0 Å². The van der Waals surface area contributed by atoms with Crippen LogP contribution in [-0.4, -0.2) is 21.3 Å². The smallest absolute Gasteiger partial charge is 0.204 e. The molecule has 0 amide bonds. The third-order valence-electron chi connectivity index (χ3n) is 2.20. The van der Waals surface area contributed by atoms with Crippen molar-refractivity contribution in [2.24, 2.45) is 0 Å². The number of ether oxygens (including phenoxy) is 3. The molecule has 0 spiro atoms. The molecule has 1 aromatic carbocycles. The minimum Gasteiger partial charge on any atom is -0.493 e. The number of halogens is 1. The van der Waals surface area contributed by atoms with Gasteiger partial charge in [-0.2, -0.15) is 0 Å². The van der Waals surface area contributed by atoms with Crippen molar-refractivity contribution in [3.8, 4) is 29.6 Å². The first-order chi connectivity index (χ1) is 7.73. The van der Waals surface area contributed by atoms with Gasteiger partial charge in [0.05, 0.1) is 26.9 Å². The highest BCUT2D eigenvalue weighted by atomic mass is 127. The number of hydrogen-bond acceptors (Lipinski definition) is 3. The van der Waals surface area contributed by atoms with Crippen molar-refractivity contribution >= 4 is 22.6 Å². The standard InChI is InChI=1S/C12H13IO3/c1-5-9-8(7-13)6-10(14-2)12(16-4)11(9)15-3/h1,6H,7H2,2-4H3. The molecule has 0 aromatic heterocycles. The van der Waals surface area contributed by atoms with Crippen LogP contribution in [0.25, 0.3) is 0 Å². The summed E-state index contributed by atoms with van der Waals surface area (Å²) < 4.78 is 16.6. The highest BCUT2D eigenvalue weighted by molar-refractivity contribution is 14.1. The molecule has 1 rings (SSSR count). The average molecular weight is 332 g/mol. The molecule has 1 aromatic rings. The lowest BCUT2D eigenvalue weighted by atomic mass is 10.1. The fraction of sp³-hybridized carbons (Fsp3) is 0.333. The second-order valence-corrected chi connectivity index (χ2v) is 3.72. The van der Waals surface area contributed by atoms with Gasteiger partial charge in [0.15, 0.2) is 11.5 Å². The normalized spacial score (nSPS) is 9.44. The first kappa shape index (κ1) is 13.0. The van der Waals surface area contributed by atoms with Gasteiger partial charge in [-0.1, -0.05) is 28.5 Å². The van der Waals surface area contributed by atoms with Crippen LogP contribution in [0, 0.1) is 12.3 Å². The topological polar surface area (TPSA) is 27.7 Å². The Morgan fingerprint density at radius 3 is 2.19 bits per heavy atom. The zero-order valence-corrected chi connectivity index (χ0v) is 11.6. The SMILES string of the molecule is C#Cc1c(CI)cc(OC)c(OC)c1OC. The van der Waals surface area contributed by atoms with E-state index in [1.807, 2.05) is 6.07 Å². The molecule has 16 heavy (non-hydrogen) atoms. The Kier molecular flexibility index (Phi) is 4.74. The van der Waals surface area contributed by atoms with E-state index >= 15 is 0 Å². The van der Waals surface area contributed by atoms with Crippen LogP contribution < -0.4 is 14.2 Å². The number of terminal acetylenes is 1. The van der Waals surface area contributed by atoms with E-state index in [1.54, 1.807) is 21.3 Å². The molecule has 0 saturated carbocycles. The van der Waals surface area contributed by atoms with E-state index in [4.69, 9.17) is 20.6 Å². The van der Waals surface area contributed by atoms with Crippen LogP contribution in [0.15, 0.2) is 6.07 Å². The van der Waals surface area contributed by atoms with Crippen molar-refractivity contribution in [3.05, 3.63) is 17.2 Å². The van der Waals surface area contributed by atoms with Crippen molar-refractivity contribution in [1.29, 1.82) is 0 Å². The second kappa shape index (κ2) is 5.85. The molecule has 0 radical (unpaired) electrons. The zero-order chi connectivity index (χ0) is 12.1. The molecule has 0 heterocycles. The number of rotatable bonds is 4. The molecule has 3 nitrogen and oxygen atoms in total. The third kappa shape index (κ3) is 2.19. The molecule has 0 N–H and O–H groups in total. The van der Waals surface area contributed by atoms with Gasteiger partial charge >= 0.3 is 0 Å². The predicted octanol–water partition coefficient (Wildman–Crippen LogP) is 2.63. The van der Waals surface area contributed by atoms with Crippen LogP contribution >= 0.6 is 22.6 Å². The summed E-state index contributed by atoms with van der Waals surface area (Å²) in [6.07, 6.45) is 5.49. The maximum Gasteiger partial charge on any atom is 0.204 e. The van der Waals surface area contributed by atoms with E-state index in [9.17, 15) is 0 Å². The van der Waals surface area contributed by atoms with Crippen molar-refractivity contribution in [2.75, 3.05) is 21.3 Å². The summed E-state index contributed by atoms with van der Waals surface area (Å²) in [4.78, 5) is 0. The van der Waals surface area contributed by atoms with Crippen molar-refractivity contribution < 1.29 is 14.2 Å². The lowest BCUT2D eigenvalue weighted by molar-refractivity contribution is 0.323. The lowest BCUT2D eigenvalue weighted by Crippen LogP contribution is -2.00. The van der Waals surface area contributed by atoms with Gasteiger partial charge in [0.2, 0.25) is 5.75 Å². The van der Waals surface area contributed by atoms with Crippen LogP contribution in [0.4, 0.5) is 0 Å². The van der Waals surface area contributed by atoms with Crippen LogP contribution in [0.5, 0.6) is 17.2 Å². The minimum absolute atomic E-state index is 0.534. The van der Waals surface area contributed by atoms with Crippen molar-refractivity contribution in [2.45, 2.75) is 4.43 Å². The zero-order valence-electron chi connectivity index (χ0n) is 9.46. The van der Waals surface area contributed by atoms with Gasteiger partial charge in [-0.15, -0.1) is 6.42 Å². The van der Waals surface area contributed by atoms with E-state index in [0.29, 0.717) is 17.2 Å². The van der Waals surface area contributed by atoms with Gasteiger partial charge in [0.1, 0.15) is 0 Å². The first-order valence-corrected chi connectivity index (χ1v) is 6.10. The molecular weight excluding hydrogens is 319 g/mol. The Labute approximate surface area is 109 Å². The summed E-state index contributed by atoms with van der Waals surface area (Å²) in [6.45, 7) is 0. The summed E-state index contributed by atoms with van der Waals surface area (Å²) in [6, 6.07) is 1.88. The third-order valence-corrected chi connectivity index (χ3v) is 3.02. The lowest BCUT2D eigenvalue weighted by Gasteiger charge is -2.15. The van der Waals surface area contributed by atoms with E-state index < -0.39 is 0 Å².